The van der Waals surface area contributed by atoms with E-state index in [4.69, 9.17) is 19.7 Å². The van der Waals surface area contributed by atoms with Crippen LogP contribution in [0.3, 0.4) is 0 Å². The van der Waals surface area contributed by atoms with E-state index in [1.165, 1.54) is 0 Å². The highest BCUT2D eigenvalue weighted by Gasteiger charge is 2.15. The molecule has 0 aliphatic carbocycles. The Balaban J connectivity index is 0.000000317. The van der Waals surface area contributed by atoms with Crippen LogP contribution in [0.15, 0.2) is 28.7 Å². The van der Waals surface area contributed by atoms with Gasteiger partial charge in [0.15, 0.2) is 0 Å². The zero-order valence-electron chi connectivity index (χ0n) is 9.26. The minimum absolute atomic E-state index is 0.0112. The Kier molecular flexibility index (Phi) is 5.18. The molecule has 0 amide bonds. The predicted octanol–water partition coefficient (Wildman–Crippen LogP) is 2.31. The lowest BCUT2D eigenvalue weighted by Crippen LogP contribution is -2.20. The number of benzene rings is 1. The molecular formula is C12H13BrO4. The minimum atomic E-state index is -0.833. The van der Waals surface area contributed by atoms with Crippen molar-refractivity contribution in [2.45, 2.75) is 13.0 Å². The van der Waals surface area contributed by atoms with Gasteiger partial charge < -0.3 is 14.9 Å². The molecule has 2 rings (SSSR count). The number of fused-ring (bicyclic) bond motifs is 1. The number of rotatable bonds is 1. The van der Waals surface area contributed by atoms with Crippen molar-refractivity contribution < 1.29 is 19.7 Å². The van der Waals surface area contributed by atoms with Gasteiger partial charge in [-0.25, -0.2) is 0 Å². The van der Waals surface area contributed by atoms with Gasteiger partial charge in [-0.3, -0.25) is 4.79 Å². The van der Waals surface area contributed by atoms with E-state index in [-0.39, 0.29) is 12.7 Å². The number of aliphatic carboxylic acids is 1. The lowest BCUT2D eigenvalue weighted by molar-refractivity contribution is -0.134. The van der Waals surface area contributed by atoms with Crippen LogP contribution in [-0.4, -0.2) is 28.9 Å². The van der Waals surface area contributed by atoms with E-state index in [9.17, 15) is 0 Å². The van der Waals surface area contributed by atoms with E-state index in [0.717, 1.165) is 22.7 Å². The Morgan fingerprint density at radius 3 is 2.76 bits per heavy atom. The first-order valence-electron chi connectivity index (χ1n) is 4.98. The molecule has 1 atom stereocenters. The summed E-state index contributed by atoms with van der Waals surface area (Å²) in [5, 5.41) is 16.3. The fourth-order valence-electron chi connectivity index (χ4n) is 1.28. The molecule has 92 valence electrons. The summed E-state index contributed by atoms with van der Waals surface area (Å²) in [4.78, 5) is 9.00. The highest BCUT2D eigenvalue weighted by atomic mass is 79.9. The number of aliphatic hydroxyl groups is 1. The number of hydrogen-bond donors (Lipinski definition) is 2. The van der Waals surface area contributed by atoms with Gasteiger partial charge >= 0.3 is 0 Å². The minimum Gasteiger partial charge on any atom is -0.482 e. The zero-order valence-corrected chi connectivity index (χ0v) is 10.8. The third kappa shape index (κ3) is 4.20. The van der Waals surface area contributed by atoms with Crippen molar-refractivity contribution >= 4 is 28.0 Å². The molecule has 0 fully saturated rings. The Hall–Kier alpha value is -1.33. The molecule has 2 N–H and O–H groups in total. The van der Waals surface area contributed by atoms with Crippen molar-refractivity contribution in [2.24, 2.45) is 0 Å². The lowest BCUT2D eigenvalue weighted by Gasteiger charge is -2.20. The van der Waals surface area contributed by atoms with Crippen LogP contribution >= 0.6 is 15.9 Å². The SMILES string of the molecule is CC(=O)O.OCC1C=Cc2cccc(Br)c2O1. The maximum Gasteiger partial charge on any atom is 0.300 e. The van der Waals surface area contributed by atoms with Crippen LogP contribution in [0, 0.1) is 0 Å². The van der Waals surface area contributed by atoms with E-state index >= 15 is 0 Å². The highest BCUT2D eigenvalue weighted by molar-refractivity contribution is 9.10. The van der Waals surface area contributed by atoms with Crippen molar-refractivity contribution in [3.05, 3.63) is 34.3 Å². The molecule has 5 heteroatoms. The molecule has 1 aliphatic rings. The molecule has 17 heavy (non-hydrogen) atoms. The van der Waals surface area contributed by atoms with Crippen molar-refractivity contribution in [2.75, 3.05) is 6.61 Å². The molecule has 0 spiro atoms. The third-order valence-corrected chi connectivity index (χ3v) is 2.56. The van der Waals surface area contributed by atoms with Gasteiger partial charge in [0.25, 0.3) is 5.97 Å². The van der Waals surface area contributed by atoms with Gasteiger partial charge in [0.05, 0.1) is 11.1 Å². The summed E-state index contributed by atoms with van der Waals surface area (Å²) in [6.45, 7) is 1.09. The molecule has 0 bridgehead atoms. The van der Waals surface area contributed by atoms with Crippen LogP contribution in [-0.2, 0) is 4.79 Å². The van der Waals surface area contributed by atoms with Crippen LogP contribution in [0.2, 0.25) is 0 Å². The quantitative estimate of drug-likeness (QED) is 0.835. The Labute approximate surface area is 108 Å². The van der Waals surface area contributed by atoms with Gasteiger partial charge in [-0.1, -0.05) is 18.2 Å². The summed E-state index contributed by atoms with van der Waals surface area (Å²) >= 11 is 3.40. The van der Waals surface area contributed by atoms with Gasteiger partial charge in [0.1, 0.15) is 11.9 Å². The summed E-state index contributed by atoms with van der Waals surface area (Å²) in [6.07, 6.45) is 3.60. The summed E-state index contributed by atoms with van der Waals surface area (Å²) in [5.74, 6) is -0.0240. The van der Waals surface area contributed by atoms with Crippen LogP contribution in [0.1, 0.15) is 12.5 Å². The average Bonchev–Trinajstić information content (AvgIpc) is 2.28. The third-order valence-electron chi connectivity index (χ3n) is 1.94. The number of aliphatic hydroxyl groups excluding tert-OH is 1. The fourth-order valence-corrected chi connectivity index (χ4v) is 1.76. The summed E-state index contributed by atoms with van der Waals surface area (Å²) < 4.78 is 6.45. The van der Waals surface area contributed by atoms with Crippen LogP contribution < -0.4 is 4.74 Å². The monoisotopic (exact) mass is 300 g/mol. The molecule has 0 aromatic heterocycles. The first-order chi connectivity index (χ1) is 8.04. The van der Waals surface area contributed by atoms with Gasteiger partial charge in [0, 0.05) is 12.5 Å². The maximum absolute atomic E-state index is 9.00. The lowest BCUT2D eigenvalue weighted by atomic mass is 10.1. The highest BCUT2D eigenvalue weighted by Crippen LogP contribution is 2.33. The molecule has 1 aromatic carbocycles. The van der Waals surface area contributed by atoms with Crippen LogP contribution in [0.25, 0.3) is 6.08 Å². The van der Waals surface area contributed by atoms with Gasteiger partial charge in [-0.05, 0) is 28.1 Å². The first kappa shape index (κ1) is 13.7. The number of ether oxygens (including phenoxy) is 1. The molecular weight excluding hydrogens is 288 g/mol. The number of halogens is 1. The van der Waals surface area contributed by atoms with Crippen LogP contribution in [0.4, 0.5) is 0 Å². The zero-order chi connectivity index (χ0) is 12.8. The topological polar surface area (TPSA) is 66.8 Å². The molecule has 0 saturated carbocycles. The normalized spacial score (nSPS) is 16.3. The van der Waals surface area contributed by atoms with E-state index in [2.05, 4.69) is 15.9 Å². The summed E-state index contributed by atoms with van der Waals surface area (Å²) in [6, 6.07) is 5.85. The van der Waals surface area contributed by atoms with E-state index < -0.39 is 5.97 Å². The van der Waals surface area contributed by atoms with Gasteiger partial charge in [-0.2, -0.15) is 0 Å². The molecule has 0 saturated heterocycles. The number of carbonyl (C=O) groups is 1. The maximum atomic E-state index is 9.00. The van der Waals surface area contributed by atoms with E-state index in [1.54, 1.807) is 0 Å². The summed E-state index contributed by atoms with van der Waals surface area (Å²) in [7, 11) is 0. The van der Waals surface area contributed by atoms with Crippen molar-refractivity contribution in [3.8, 4) is 5.75 Å². The molecule has 1 unspecified atom stereocenters. The number of para-hydroxylation sites is 1. The van der Waals surface area contributed by atoms with E-state index in [1.807, 2.05) is 30.4 Å². The average molecular weight is 301 g/mol. The smallest absolute Gasteiger partial charge is 0.300 e. The van der Waals surface area contributed by atoms with Crippen molar-refractivity contribution in [1.29, 1.82) is 0 Å². The largest absolute Gasteiger partial charge is 0.482 e. The first-order valence-corrected chi connectivity index (χ1v) is 5.77. The van der Waals surface area contributed by atoms with Crippen molar-refractivity contribution in [1.82, 2.24) is 0 Å². The second-order valence-electron chi connectivity index (χ2n) is 3.38. The Bertz CT molecular complexity index is 425. The molecule has 1 heterocycles. The molecule has 1 aliphatic heterocycles. The Morgan fingerprint density at radius 1 is 1.53 bits per heavy atom. The summed E-state index contributed by atoms with van der Waals surface area (Å²) in [5.41, 5.74) is 1.04. The second kappa shape index (κ2) is 6.42. The molecule has 4 nitrogen and oxygen atoms in total. The fraction of sp³-hybridized carbons (Fsp3) is 0.250. The Morgan fingerprint density at radius 2 is 2.18 bits per heavy atom. The number of carboxylic acid groups (broad SMARTS) is 1. The number of carboxylic acids is 1. The molecule has 1 aromatic rings. The predicted molar refractivity (Wildman–Crippen MR) is 68.0 cm³/mol. The standard InChI is InChI=1S/C10H9BrO2.C2H4O2/c11-9-3-1-2-7-4-5-8(6-12)13-10(7)9;1-2(3)4/h1-5,8,12H,6H2;1H3,(H,3,4). The number of hydrogen-bond acceptors (Lipinski definition) is 3. The van der Waals surface area contributed by atoms with Gasteiger partial charge in [-0.15, -0.1) is 0 Å². The van der Waals surface area contributed by atoms with Crippen molar-refractivity contribution in [3.63, 3.8) is 0 Å². The molecule has 0 radical (unpaired) electrons. The second-order valence-corrected chi connectivity index (χ2v) is 4.23. The van der Waals surface area contributed by atoms with Gasteiger partial charge in [0.2, 0.25) is 0 Å². The van der Waals surface area contributed by atoms with Crippen LogP contribution in [0.5, 0.6) is 5.75 Å². The van der Waals surface area contributed by atoms with E-state index in [0.29, 0.717) is 0 Å².